The highest BCUT2D eigenvalue weighted by molar-refractivity contribution is 14.0. The Morgan fingerprint density at radius 1 is 1.04 bits per heavy atom. The lowest BCUT2D eigenvalue weighted by molar-refractivity contribution is 0.108. The Bertz CT molecular complexity index is 271. The molecular formula is C17H39IN4O. The molecule has 0 unspecified atom stereocenters. The molecule has 0 heterocycles. The molecule has 0 aliphatic carbocycles. The summed E-state index contributed by atoms with van der Waals surface area (Å²) in [6.07, 6.45) is 3.42. The highest BCUT2D eigenvalue weighted by Gasteiger charge is 2.00. The number of halogens is 1. The molecule has 0 spiro atoms. The summed E-state index contributed by atoms with van der Waals surface area (Å²) in [5.74, 6) is 1.51. The van der Waals surface area contributed by atoms with Crippen LogP contribution in [0.15, 0.2) is 4.99 Å². The molecule has 0 aromatic carbocycles. The zero-order valence-corrected chi connectivity index (χ0v) is 18.2. The summed E-state index contributed by atoms with van der Waals surface area (Å²) in [5.41, 5.74) is 0. The maximum Gasteiger partial charge on any atom is 0.190 e. The molecule has 0 rings (SSSR count). The predicted octanol–water partition coefficient (Wildman–Crippen LogP) is 2.95. The second kappa shape index (κ2) is 18.3. The lowest BCUT2D eigenvalue weighted by atomic mass is 10.2. The van der Waals surface area contributed by atoms with Gasteiger partial charge in [-0.2, -0.15) is 0 Å². The van der Waals surface area contributed by atoms with Crippen LogP contribution in [0.25, 0.3) is 0 Å². The van der Waals surface area contributed by atoms with Gasteiger partial charge in [-0.1, -0.05) is 27.7 Å². The van der Waals surface area contributed by atoms with E-state index in [9.17, 15) is 0 Å². The van der Waals surface area contributed by atoms with E-state index in [1.54, 1.807) is 0 Å². The minimum Gasteiger partial charge on any atom is -0.381 e. The second-order valence-electron chi connectivity index (χ2n) is 5.98. The van der Waals surface area contributed by atoms with Crippen molar-refractivity contribution >= 4 is 29.9 Å². The normalized spacial score (nSPS) is 11.7. The van der Waals surface area contributed by atoms with Crippen LogP contribution in [-0.4, -0.2) is 63.8 Å². The van der Waals surface area contributed by atoms with Crippen LogP contribution in [0.2, 0.25) is 0 Å². The fourth-order valence-corrected chi connectivity index (χ4v) is 2.13. The van der Waals surface area contributed by atoms with Crippen LogP contribution in [0, 0.1) is 5.92 Å². The van der Waals surface area contributed by atoms with Gasteiger partial charge in [-0.25, -0.2) is 0 Å². The Morgan fingerprint density at radius 2 is 1.65 bits per heavy atom. The van der Waals surface area contributed by atoms with Crippen molar-refractivity contribution < 1.29 is 4.74 Å². The average molecular weight is 442 g/mol. The molecule has 0 saturated heterocycles. The minimum absolute atomic E-state index is 0. The van der Waals surface area contributed by atoms with Gasteiger partial charge in [0.05, 0.1) is 0 Å². The molecule has 0 aliphatic rings. The Hall–Kier alpha value is -0.0800. The van der Waals surface area contributed by atoms with Gasteiger partial charge in [0.2, 0.25) is 0 Å². The van der Waals surface area contributed by atoms with Crippen LogP contribution in [-0.2, 0) is 4.74 Å². The zero-order chi connectivity index (χ0) is 16.6. The van der Waals surface area contributed by atoms with Crippen molar-refractivity contribution in [1.29, 1.82) is 0 Å². The number of guanidine groups is 1. The number of ether oxygens (including phenoxy) is 1. The van der Waals surface area contributed by atoms with Gasteiger partial charge in [-0.05, 0) is 44.8 Å². The molecule has 23 heavy (non-hydrogen) atoms. The number of nitrogens with zero attached hydrogens (tertiary/aromatic N) is 2. The summed E-state index contributed by atoms with van der Waals surface area (Å²) < 4.78 is 5.56. The second-order valence-corrected chi connectivity index (χ2v) is 5.98. The van der Waals surface area contributed by atoms with Gasteiger partial charge >= 0.3 is 0 Å². The van der Waals surface area contributed by atoms with Crippen LogP contribution >= 0.6 is 24.0 Å². The molecule has 5 nitrogen and oxygen atoms in total. The number of unbranched alkanes of at least 4 members (excludes halogenated alkanes) is 1. The first kappa shape index (κ1) is 25.2. The molecule has 140 valence electrons. The van der Waals surface area contributed by atoms with Crippen LogP contribution < -0.4 is 10.6 Å². The van der Waals surface area contributed by atoms with E-state index in [1.807, 2.05) is 7.05 Å². The van der Waals surface area contributed by atoms with E-state index in [0.29, 0.717) is 5.92 Å². The predicted molar refractivity (Wildman–Crippen MR) is 112 cm³/mol. The first-order valence-corrected chi connectivity index (χ1v) is 8.88. The molecule has 0 aromatic rings. The average Bonchev–Trinajstić information content (AvgIpc) is 2.51. The van der Waals surface area contributed by atoms with Gasteiger partial charge in [0.15, 0.2) is 5.96 Å². The summed E-state index contributed by atoms with van der Waals surface area (Å²) in [4.78, 5) is 6.70. The van der Waals surface area contributed by atoms with Gasteiger partial charge < -0.3 is 20.3 Å². The highest BCUT2D eigenvalue weighted by atomic mass is 127. The lowest BCUT2D eigenvalue weighted by Gasteiger charge is -2.18. The minimum atomic E-state index is 0. The van der Waals surface area contributed by atoms with E-state index in [2.05, 4.69) is 48.2 Å². The monoisotopic (exact) mass is 442 g/mol. The fourth-order valence-electron chi connectivity index (χ4n) is 2.13. The molecule has 0 fully saturated rings. The van der Waals surface area contributed by atoms with E-state index in [1.165, 1.54) is 19.4 Å². The van der Waals surface area contributed by atoms with E-state index < -0.39 is 0 Å². The van der Waals surface area contributed by atoms with E-state index in [4.69, 9.17) is 4.74 Å². The molecule has 0 aliphatic heterocycles. The van der Waals surface area contributed by atoms with Crippen molar-refractivity contribution in [2.45, 2.75) is 47.0 Å². The zero-order valence-electron chi connectivity index (χ0n) is 15.9. The summed E-state index contributed by atoms with van der Waals surface area (Å²) >= 11 is 0. The molecule has 0 amide bonds. The number of hydrogen-bond donors (Lipinski definition) is 2. The SMILES string of the molecule is CCN(CC)CCCCNC(=NC)NCCCOCC(C)C.I. The van der Waals surface area contributed by atoms with Gasteiger partial charge in [0, 0.05) is 33.4 Å². The molecule has 6 heteroatoms. The molecule has 0 aromatic heterocycles. The van der Waals surface area contributed by atoms with E-state index >= 15 is 0 Å². The van der Waals surface area contributed by atoms with E-state index in [-0.39, 0.29) is 24.0 Å². The Balaban J connectivity index is 0. The van der Waals surface area contributed by atoms with Crippen LogP contribution in [0.1, 0.15) is 47.0 Å². The fraction of sp³-hybridized carbons (Fsp3) is 0.941. The number of rotatable bonds is 13. The van der Waals surface area contributed by atoms with Crippen molar-refractivity contribution in [1.82, 2.24) is 15.5 Å². The van der Waals surface area contributed by atoms with Gasteiger partial charge in [0.25, 0.3) is 0 Å². The number of nitrogens with one attached hydrogen (secondary N) is 2. The quantitative estimate of drug-likeness (QED) is 0.199. The molecule has 0 saturated carbocycles. The number of aliphatic imine (C=N–C) groups is 1. The molecular weight excluding hydrogens is 403 g/mol. The third kappa shape index (κ3) is 16.6. The largest absolute Gasteiger partial charge is 0.381 e. The Labute approximate surface area is 161 Å². The van der Waals surface area contributed by atoms with Crippen molar-refractivity contribution in [3.8, 4) is 0 Å². The summed E-state index contributed by atoms with van der Waals surface area (Å²) in [6.45, 7) is 15.8. The van der Waals surface area contributed by atoms with Gasteiger partial charge in [-0.15, -0.1) is 24.0 Å². The topological polar surface area (TPSA) is 48.9 Å². The molecule has 0 radical (unpaired) electrons. The highest BCUT2D eigenvalue weighted by Crippen LogP contribution is 1.94. The summed E-state index contributed by atoms with van der Waals surface area (Å²) in [6, 6.07) is 0. The summed E-state index contributed by atoms with van der Waals surface area (Å²) in [7, 11) is 1.82. The maximum absolute atomic E-state index is 5.56. The van der Waals surface area contributed by atoms with Crippen LogP contribution in [0.4, 0.5) is 0 Å². The first-order valence-electron chi connectivity index (χ1n) is 8.88. The van der Waals surface area contributed by atoms with Crippen molar-refractivity contribution in [2.24, 2.45) is 10.9 Å². The Kier molecular flexibility index (Phi) is 20.0. The first-order chi connectivity index (χ1) is 10.6. The third-order valence-corrected chi connectivity index (χ3v) is 3.52. The van der Waals surface area contributed by atoms with Crippen molar-refractivity contribution in [3.05, 3.63) is 0 Å². The third-order valence-electron chi connectivity index (χ3n) is 3.52. The van der Waals surface area contributed by atoms with Crippen molar-refractivity contribution in [3.63, 3.8) is 0 Å². The molecule has 2 N–H and O–H groups in total. The van der Waals surface area contributed by atoms with Crippen LogP contribution in [0.5, 0.6) is 0 Å². The van der Waals surface area contributed by atoms with E-state index in [0.717, 1.165) is 51.8 Å². The maximum atomic E-state index is 5.56. The van der Waals surface area contributed by atoms with Gasteiger partial charge in [-0.3, -0.25) is 4.99 Å². The molecule has 0 atom stereocenters. The lowest BCUT2D eigenvalue weighted by Crippen LogP contribution is -2.38. The smallest absolute Gasteiger partial charge is 0.190 e. The van der Waals surface area contributed by atoms with Crippen molar-refractivity contribution in [2.75, 3.05) is 53.0 Å². The number of hydrogen-bond acceptors (Lipinski definition) is 3. The van der Waals surface area contributed by atoms with Gasteiger partial charge in [0.1, 0.15) is 0 Å². The standard InChI is InChI=1S/C17H38N4O.HI/c1-6-21(7-2)13-9-8-11-19-17(18-5)20-12-10-14-22-15-16(3)4;/h16H,6-15H2,1-5H3,(H2,18,19,20);1H. The molecule has 0 bridgehead atoms. The van der Waals surface area contributed by atoms with Crippen LogP contribution in [0.3, 0.4) is 0 Å². The Morgan fingerprint density at radius 3 is 2.17 bits per heavy atom. The summed E-state index contributed by atoms with van der Waals surface area (Å²) in [5, 5.41) is 6.70.